The molecule has 12 nitrogen and oxygen atoms in total. The van der Waals surface area contributed by atoms with Crippen LogP contribution in [0.4, 0.5) is 0 Å². The van der Waals surface area contributed by atoms with Crippen LogP contribution in [0.15, 0.2) is 54.6 Å². The third-order valence-electron chi connectivity index (χ3n) is 10.6. The number of nitrogens with zero attached hydrogens (tertiary/aromatic N) is 3. The topological polar surface area (TPSA) is 157 Å². The fourth-order valence-electron chi connectivity index (χ4n) is 7.36. The number of nitrogens with one attached hydrogen (secondary N) is 2. The smallest absolute Gasteiger partial charge is 0.259 e. The number of aromatic nitrogens is 2. The van der Waals surface area contributed by atoms with E-state index in [1.54, 1.807) is 19.1 Å². The zero-order valence-electron chi connectivity index (χ0n) is 28.6. The Labute approximate surface area is 292 Å². The summed E-state index contributed by atoms with van der Waals surface area (Å²) < 4.78 is 39.9. The van der Waals surface area contributed by atoms with Crippen LogP contribution in [0.5, 0.6) is 11.6 Å². The van der Waals surface area contributed by atoms with Crippen LogP contribution in [0.1, 0.15) is 56.9 Å². The van der Waals surface area contributed by atoms with Gasteiger partial charge in [-0.1, -0.05) is 42.5 Å². The van der Waals surface area contributed by atoms with Crippen molar-refractivity contribution in [1.82, 2.24) is 24.9 Å². The van der Waals surface area contributed by atoms with Crippen LogP contribution in [0.3, 0.4) is 0 Å². The molecule has 2 aromatic carbocycles. The molecule has 7 rings (SSSR count). The van der Waals surface area contributed by atoms with Crippen molar-refractivity contribution in [1.29, 1.82) is 0 Å². The van der Waals surface area contributed by atoms with Gasteiger partial charge < -0.3 is 19.7 Å². The standard InChI is InChI=1S/C37H43N5O7S/c1-22-30(48-3)17-16-27-31(22)38-32(23-11-7-6-8-12-23)39-34(27)49-25-19-28-29(20-25)35(44)42(2)18-10-5-4-9-13-24-21-37(24,40-33(28)43)36(45)41-50(46,47)26-14-15-26/h6-9,11-13,16-17,24-26,28-29H,4-5,10,14-15,18-21H2,1-3H3,(H,40,43)(H,41,45)/b13-9-. The highest BCUT2D eigenvalue weighted by atomic mass is 32.2. The van der Waals surface area contributed by atoms with Gasteiger partial charge in [0, 0.05) is 30.6 Å². The first-order valence-electron chi connectivity index (χ1n) is 17.4. The minimum atomic E-state index is -3.83. The molecule has 3 amide bonds. The molecule has 3 aromatic rings. The van der Waals surface area contributed by atoms with E-state index in [1.165, 1.54) is 0 Å². The summed E-state index contributed by atoms with van der Waals surface area (Å²) in [6.07, 6.45) is 7.47. The Morgan fingerprint density at radius 1 is 1.04 bits per heavy atom. The van der Waals surface area contributed by atoms with Gasteiger partial charge in [-0.25, -0.2) is 13.4 Å². The number of carbonyl (C=O) groups is 3. The minimum absolute atomic E-state index is 0.163. The SMILES string of the molecule is COc1ccc2c(OC3CC4C(=O)NC5(C(=O)NS(=O)(=O)C6CC6)CC5/C=C\CCCCN(C)C(=O)C4C3)nc(-c3ccccc3)nc2c1C. The Bertz CT molecular complexity index is 1970. The monoisotopic (exact) mass is 701 g/mol. The third kappa shape index (κ3) is 6.55. The van der Waals surface area contributed by atoms with E-state index in [9.17, 15) is 22.8 Å². The van der Waals surface area contributed by atoms with Gasteiger partial charge in [0.25, 0.3) is 5.91 Å². The van der Waals surface area contributed by atoms with E-state index < -0.39 is 50.6 Å². The number of amides is 3. The lowest BCUT2D eigenvalue weighted by atomic mass is 9.93. The number of benzene rings is 2. The summed E-state index contributed by atoms with van der Waals surface area (Å²) in [6.45, 7) is 2.47. The number of methoxy groups -OCH3 is 1. The molecule has 0 spiro atoms. The number of sulfonamides is 1. The highest BCUT2D eigenvalue weighted by Crippen LogP contribution is 2.47. The van der Waals surface area contributed by atoms with E-state index >= 15 is 0 Å². The van der Waals surface area contributed by atoms with Crippen molar-refractivity contribution in [2.45, 2.75) is 75.2 Å². The maximum atomic E-state index is 14.2. The predicted octanol–water partition coefficient (Wildman–Crippen LogP) is 4.07. The van der Waals surface area contributed by atoms with Crippen molar-refractivity contribution in [3.05, 3.63) is 60.2 Å². The Hall–Kier alpha value is -4.52. The second-order valence-electron chi connectivity index (χ2n) is 14.1. The van der Waals surface area contributed by atoms with Crippen molar-refractivity contribution < 1.29 is 32.3 Å². The molecular formula is C37H43N5O7S. The fraction of sp³-hybridized carbons (Fsp3) is 0.486. The van der Waals surface area contributed by atoms with E-state index in [2.05, 4.69) is 10.0 Å². The number of fused-ring (bicyclic) bond motifs is 3. The summed E-state index contributed by atoms with van der Waals surface area (Å²) in [5.74, 6) is -1.74. The zero-order chi connectivity index (χ0) is 35.2. The second kappa shape index (κ2) is 13.3. The van der Waals surface area contributed by atoms with Gasteiger partial charge in [-0.3, -0.25) is 19.1 Å². The minimum Gasteiger partial charge on any atom is -0.496 e. The third-order valence-corrected chi connectivity index (χ3v) is 12.4. The lowest BCUT2D eigenvalue weighted by Crippen LogP contribution is -2.54. The molecule has 4 aliphatic rings. The molecule has 3 aliphatic carbocycles. The molecule has 5 atom stereocenters. The Balaban J connectivity index is 1.21. The lowest BCUT2D eigenvalue weighted by molar-refractivity contribution is -0.140. The Kier molecular flexibility index (Phi) is 9.04. The first-order chi connectivity index (χ1) is 24.0. The molecule has 1 aromatic heterocycles. The molecule has 264 valence electrons. The molecule has 2 heterocycles. The van der Waals surface area contributed by atoms with Gasteiger partial charge in [-0.05, 0) is 70.4 Å². The largest absolute Gasteiger partial charge is 0.496 e. The van der Waals surface area contributed by atoms with Gasteiger partial charge in [0.15, 0.2) is 5.82 Å². The summed E-state index contributed by atoms with van der Waals surface area (Å²) in [7, 11) is -0.471. The van der Waals surface area contributed by atoms with Crippen LogP contribution in [-0.4, -0.2) is 78.6 Å². The van der Waals surface area contributed by atoms with Crippen molar-refractivity contribution in [2.24, 2.45) is 17.8 Å². The quantitative estimate of drug-likeness (QED) is 0.347. The Morgan fingerprint density at radius 2 is 1.80 bits per heavy atom. The molecule has 3 fully saturated rings. The molecule has 50 heavy (non-hydrogen) atoms. The number of rotatable bonds is 7. The van der Waals surface area contributed by atoms with E-state index in [0.717, 1.165) is 30.4 Å². The van der Waals surface area contributed by atoms with Gasteiger partial charge in [-0.15, -0.1) is 0 Å². The maximum Gasteiger partial charge on any atom is 0.259 e. The van der Waals surface area contributed by atoms with Gasteiger partial charge >= 0.3 is 0 Å². The first kappa shape index (κ1) is 34.0. The average Bonchev–Trinajstić information content (AvgIpc) is 4.03. The number of hydrogen-bond acceptors (Lipinski definition) is 9. The van der Waals surface area contributed by atoms with Crippen LogP contribution in [-0.2, 0) is 24.4 Å². The number of ether oxygens (including phenoxy) is 2. The summed E-state index contributed by atoms with van der Waals surface area (Å²) in [6, 6.07) is 13.2. The maximum absolute atomic E-state index is 14.2. The molecule has 2 N–H and O–H groups in total. The number of allylic oxidation sites excluding steroid dienone is 1. The Morgan fingerprint density at radius 3 is 2.54 bits per heavy atom. The van der Waals surface area contributed by atoms with Gasteiger partial charge in [0.1, 0.15) is 17.4 Å². The van der Waals surface area contributed by atoms with Gasteiger partial charge in [0.05, 0.1) is 35.1 Å². The van der Waals surface area contributed by atoms with E-state index in [-0.39, 0.29) is 31.1 Å². The normalized spacial score (nSPS) is 27.8. The summed E-state index contributed by atoms with van der Waals surface area (Å²) >= 11 is 0. The average molecular weight is 702 g/mol. The molecule has 0 radical (unpaired) electrons. The summed E-state index contributed by atoms with van der Waals surface area (Å²) in [4.78, 5) is 53.1. The van der Waals surface area contributed by atoms with Crippen LogP contribution in [0, 0.1) is 24.7 Å². The first-order valence-corrected chi connectivity index (χ1v) is 18.9. The van der Waals surface area contributed by atoms with Crippen LogP contribution in [0.2, 0.25) is 0 Å². The van der Waals surface area contributed by atoms with E-state index in [1.807, 2.05) is 61.5 Å². The zero-order valence-corrected chi connectivity index (χ0v) is 29.4. The van der Waals surface area contributed by atoms with Crippen molar-refractivity contribution in [3.8, 4) is 23.0 Å². The molecule has 0 bridgehead atoms. The number of hydrogen-bond donors (Lipinski definition) is 2. The molecule has 3 saturated carbocycles. The molecule has 1 aliphatic heterocycles. The molecule has 0 saturated heterocycles. The summed E-state index contributed by atoms with van der Waals surface area (Å²) in [5, 5.41) is 3.03. The van der Waals surface area contributed by atoms with Crippen molar-refractivity contribution in [2.75, 3.05) is 20.7 Å². The lowest BCUT2D eigenvalue weighted by Gasteiger charge is -2.26. The van der Waals surface area contributed by atoms with E-state index in [4.69, 9.17) is 19.4 Å². The highest BCUT2D eigenvalue weighted by molar-refractivity contribution is 7.91. The van der Waals surface area contributed by atoms with E-state index in [0.29, 0.717) is 47.7 Å². The highest BCUT2D eigenvalue weighted by Gasteiger charge is 2.62. The van der Waals surface area contributed by atoms with Crippen LogP contribution < -0.4 is 19.5 Å². The van der Waals surface area contributed by atoms with Crippen molar-refractivity contribution >= 4 is 38.6 Å². The second-order valence-corrected chi connectivity index (χ2v) is 16.0. The van der Waals surface area contributed by atoms with Gasteiger partial charge in [0.2, 0.25) is 27.7 Å². The van der Waals surface area contributed by atoms with Crippen LogP contribution >= 0.6 is 0 Å². The summed E-state index contributed by atoms with van der Waals surface area (Å²) in [5.41, 5.74) is 0.894. The molecular weight excluding hydrogens is 659 g/mol. The predicted molar refractivity (Wildman–Crippen MR) is 187 cm³/mol. The van der Waals surface area contributed by atoms with Crippen molar-refractivity contribution in [3.63, 3.8) is 0 Å². The molecule has 5 unspecified atom stereocenters. The number of aryl methyl sites for hydroxylation is 1. The number of carbonyl (C=O) groups excluding carboxylic acids is 3. The van der Waals surface area contributed by atoms with Crippen LogP contribution in [0.25, 0.3) is 22.3 Å². The molecule has 13 heteroatoms. The fourth-order valence-corrected chi connectivity index (χ4v) is 8.73. The van der Waals surface area contributed by atoms with Gasteiger partial charge in [-0.2, -0.15) is 4.98 Å².